The van der Waals surface area contributed by atoms with Crippen LogP contribution in [0.25, 0.3) is 0 Å². The molecule has 0 unspecified atom stereocenters. The van der Waals surface area contributed by atoms with Gasteiger partial charge in [-0.2, -0.15) is 0 Å². The zero-order valence-electron chi connectivity index (χ0n) is 14.5. The summed E-state index contributed by atoms with van der Waals surface area (Å²) < 4.78 is 10.3. The molecule has 1 rings (SSSR count). The molecular formula is C16H25N3O5. The summed E-state index contributed by atoms with van der Waals surface area (Å²) in [4.78, 5) is 25.2. The number of amides is 2. The molecule has 0 aromatic heterocycles. The van der Waals surface area contributed by atoms with Gasteiger partial charge in [0, 0.05) is 19.6 Å². The molecule has 0 aliphatic heterocycles. The van der Waals surface area contributed by atoms with Crippen LogP contribution in [-0.4, -0.2) is 69.8 Å². The molecule has 134 valence electrons. The van der Waals surface area contributed by atoms with Crippen LogP contribution in [0.15, 0.2) is 18.2 Å². The van der Waals surface area contributed by atoms with Crippen molar-refractivity contribution < 1.29 is 24.2 Å². The Morgan fingerprint density at radius 2 is 1.75 bits per heavy atom. The van der Waals surface area contributed by atoms with Crippen molar-refractivity contribution in [2.24, 2.45) is 0 Å². The lowest BCUT2D eigenvalue weighted by molar-refractivity contribution is -0.139. The zero-order valence-corrected chi connectivity index (χ0v) is 14.5. The summed E-state index contributed by atoms with van der Waals surface area (Å²) in [6, 6.07) is 4.94. The third-order valence-corrected chi connectivity index (χ3v) is 3.30. The largest absolute Gasteiger partial charge is 0.493 e. The number of carbonyl (C=O) groups is 2. The first-order chi connectivity index (χ1) is 11.4. The Morgan fingerprint density at radius 3 is 2.33 bits per heavy atom. The summed E-state index contributed by atoms with van der Waals surface area (Å²) in [7, 11) is 6.74. The SMILES string of the molecule is COc1ccc([C@@H](O)CNC(=O)C(=O)NCCN(C)C)cc1OC. The van der Waals surface area contributed by atoms with Crippen LogP contribution in [0.2, 0.25) is 0 Å². The third kappa shape index (κ3) is 6.05. The molecule has 0 radical (unpaired) electrons. The number of nitrogens with one attached hydrogen (secondary N) is 2. The fourth-order valence-corrected chi connectivity index (χ4v) is 1.92. The number of aliphatic hydroxyl groups excluding tert-OH is 1. The summed E-state index contributed by atoms with van der Waals surface area (Å²) >= 11 is 0. The quantitative estimate of drug-likeness (QED) is 0.554. The van der Waals surface area contributed by atoms with Crippen molar-refractivity contribution in [2.45, 2.75) is 6.10 Å². The normalized spacial score (nSPS) is 11.8. The van der Waals surface area contributed by atoms with Crippen LogP contribution in [0.3, 0.4) is 0 Å². The first-order valence-corrected chi connectivity index (χ1v) is 7.49. The van der Waals surface area contributed by atoms with Gasteiger partial charge in [0.25, 0.3) is 0 Å². The van der Waals surface area contributed by atoms with Crippen molar-refractivity contribution in [3.05, 3.63) is 23.8 Å². The van der Waals surface area contributed by atoms with Gasteiger partial charge in [-0.1, -0.05) is 6.07 Å². The first kappa shape index (κ1) is 19.7. The van der Waals surface area contributed by atoms with E-state index in [0.717, 1.165) is 0 Å². The number of aliphatic hydroxyl groups is 1. The second kappa shape index (κ2) is 9.74. The maximum Gasteiger partial charge on any atom is 0.309 e. The minimum atomic E-state index is -0.969. The topological polar surface area (TPSA) is 100 Å². The Morgan fingerprint density at radius 1 is 1.12 bits per heavy atom. The van der Waals surface area contributed by atoms with Gasteiger partial charge in [-0.25, -0.2) is 0 Å². The Labute approximate surface area is 141 Å². The highest BCUT2D eigenvalue weighted by molar-refractivity contribution is 6.35. The molecule has 1 aromatic carbocycles. The van der Waals surface area contributed by atoms with Crippen LogP contribution < -0.4 is 20.1 Å². The van der Waals surface area contributed by atoms with Crippen LogP contribution in [0.1, 0.15) is 11.7 Å². The lowest BCUT2D eigenvalue weighted by atomic mass is 10.1. The van der Waals surface area contributed by atoms with Crippen molar-refractivity contribution in [2.75, 3.05) is 47.9 Å². The second-order valence-electron chi connectivity index (χ2n) is 5.40. The Hall–Kier alpha value is -2.32. The number of benzene rings is 1. The number of ether oxygens (including phenoxy) is 2. The fraction of sp³-hybridized carbons (Fsp3) is 0.500. The van der Waals surface area contributed by atoms with Crippen LogP contribution in [-0.2, 0) is 9.59 Å². The molecule has 0 bridgehead atoms. The van der Waals surface area contributed by atoms with E-state index >= 15 is 0 Å². The van der Waals surface area contributed by atoms with Crippen LogP contribution in [0.4, 0.5) is 0 Å². The van der Waals surface area contributed by atoms with Crippen molar-refractivity contribution in [3.63, 3.8) is 0 Å². The van der Waals surface area contributed by atoms with E-state index in [4.69, 9.17) is 9.47 Å². The van der Waals surface area contributed by atoms with Gasteiger partial charge < -0.3 is 30.1 Å². The molecule has 8 nitrogen and oxygen atoms in total. The fourth-order valence-electron chi connectivity index (χ4n) is 1.92. The Balaban J connectivity index is 2.51. The van der Waals surface area contributed by atoms with Gasteiger partial charge in [0.05, 0.1) is 20.3 Å². The lowest BCUT2D eigenvalue weighted by Crippen LogP contribution is -2.43. The molecule has 1 aromatic rings. The van der Waals surface area contributed by atoms with Gasteiger partial charge >= 0.3 is 11.8 Å². The van der Waals surface area contributed by atoms with Crippen LogP contribution >= 0.6 is 0 Å². The zero-order chi connectivity index (χ0) is 18.1. The number of likely N-dealkylation sites (N-methyl/N-ethyl adjacent to an activating group) is 1. The van der Waals surface area contributed by atoms with Gasteiger partial charge in [-0.15, -0.1) is 0 Å². The summed E-state index contributed by atoms with van der Waals surface area (Å²) in [5.41, 5.74) is 0.543. The number of rotatable bonds is 8. The van der Waals surface area contributed by atoms with Crippen molar-refractivity contribution in [1.82, 2.24) is 15.5 Å². The van der Waals surface area contributed by atoms with E-state index in [-0.39, 0.29) is 6.54 Å². The van der Waals surface area contributed by atoms with Gasteiger partial charge in [-0.3, -0.25) is 9.59 Å². The molecule has 0 fully saturated rings. The second-order valence-corrected chi connectivity index (χ2v) is 5.40. The minimum absolute atomic E-state index is 0.0879. The maximum absolute atomic E-state index is 11.7. The van der Waals surface area contributed by atoms with Crippen LogP contribution in [0, 0.1) is 0 Å². The Bertz CT molecular complexity index is 563. The van der Waals surface area contributed by atoms with E-state index in [1.54, 1.807) is 18.2 Å². The molecule has 2 amide bonds. The summed E-state index contributed by atoms with van der Waals surface area (Å²) in [6.07, 6.45) is -0.969. The third-order valence-electron chi connectivity index (χ3n) is 3.30. The molecule has 0 aliphatic rings. The molecule has 3 N–H and O–H groups in total. The maximum atomic E-state index is 11.7. The molecule has 0 saturated heterocycles. The molecular weight excluding hydrogens is 314 g/mol. The minimum Gasteiger partial charge on any atom is -0.493 e. The summed E-state index contributed by atoms with van der Waals surface area (Å²) in [5, 5.41) is 15.0. The molecule has 24 heavy (non-hydrogen) atoms. The predicted octanol–water partition coefficient (Wildman–Crippen LogP) is -0.469. The van der Waals surface area contributed by atoms with Gasteiger partial charge in [0.15, 0.2) is 11.5 Å². The molecule has 0 heterocycles. The highest BCUT2D eigenvalue weighted by Gasteiger charge is 2.16. The highest BCUT2D eigenvalue weighted by atomic mass is 16.5. The van der Waals surface area contributed by atoms with Gasteiger partial charge in [-0.05, 0) is 31.8 Å². The van der Waals surface area contributed by atoms with E-state index in [1.165, 1.54) is 14.2 Å². The van der Waals surface area contributed by atoms with E-state index < -0.39 is 17.9 Å². The smallest absolute Gasteiger partial charge is 0.309 e. The van der Waals surface area contributed by atoms with E-state index in [9.17, 15) is 14.7 Å². The number of nitrogens with zero attached hydrogens (tertiary/aromatic N) is 1. The molecule has 0 saturated carbocycles. The number of methoxy groups -OCH3 is 2. The molecule has 0 spiro atoms. The number of hydrogen-bond acceptors (Lipinski definition) is 6. The average Bonchev–Trinajstić information content (AvgIpc) is 2.58. The summed E-state index contributed by atoms with van der Waals surface area (Å²) in [5.74, 6) is -0.496. The van der Waals surface area contributed by atoms with E-state index in [1.807, 2.05) is 19.0 Å². The lowest BCUT2D eigenvalue weighted by Gasteiger charge is -2.15. The number of carbonyl (C=O) groups excluding carboxylic acids is 2. The molecule has 0 aliphatic carbocycles. The first-order valence-electron chi connectivity index (χ1n) is 7.49. The van der Waals surface area contributed by atoms with Gasteiger partial charge in [0.1, 0.15) is 0 Å². The standard InChI is InChI=1S/C16H25N3O5/c1-19(2)8-7-17-15(21)16(22)18-10-12(20)11-5-6-13(23-3)14(9-11)24-4/h5-6,9,12,20H,7-8,10H2,1-4H3,(H,17,21)(H,18,22)/t12-/m0/s1. The Kier molecular flexibility index (Phi) is 8.00. The summed E-state index contributed by atoms with van der Waals surface area (Å²) in [6.45, 7) is 0.917. The monoisotopic (exact) mass is 339 g/mol. The van der Waals surface area contributed by atoms with Crippen molar-refractivity contribution >= 4 is 11.8 Å². The molecule has 8 heteroatoms. The van der Waals surface area contributed by atoms with Crippen molar-refractivity contribution in [3.8, 4) is 11.5 Å². The van der Waals surface area contributed by atoms with E-state index in [2.05, 4.69) is 10.6 Å². The van der Waals surface area contributed by atoms with Crippen molar-refractivity contribution in [1.29, 1.82) is 0 Å². The van der Waals surface area contributed by atoms with E-state index in [0.29, 0.717) is 30.2 Å². The molecule has 1 atom stereocenters. The highest BCUT2D eigenvalue weighted by Crippen LogP contribution is 2.29. The number of hydrogen-bond donors (Lipinski definition) is 3. The van der Waals surface area contributed by atoms with Gasteiger partial charge in [0.2, 0.25) is 0 Å². The van der Waals surface area contributed by atoms with Crippen LogP contribution in [0.5, 0.6) is 11.5 Å². The average molecular weight is 339 g/mol. The predicted molar refractivity (Wildman–Crippen MR) is 89.1 cm³/mol.